The smallest absolute Gasteiger partial charge is 0.254 e. The molecule has 0 aliphatic carbocycles. The van der Waals surface area contributed by atoms with Crippen LogP contribution in [0.25, 0.3) is 0 Å². The Bertz CT molecular complexity index is 683. The van der Waals surface area contributed by atoms with Crippen molar-refractivity contribution in [3.05, 3.63) is 54.1 Å². The molecule has 3 rings (SSSR count). The van der Waals surface area contributed by atoms with E-state index in [4.69, 9.17) is 4.74 Å². The minimum atomic E-state index is 0.0452. The zero-order valence-corrected chi connectivity index (χ0v) is 15.2. The van der Waals surface area contributed by atoms with Crippen molar-refractivity contribution in [1.29, 1.82) is 0 Å². The molecule has 1 N–H and O–H groups in total. The molecule has 138 valence electrons. The van der Waals surface area contributed by atoms with E-state index in [2.05, 4.69) is 15.3 Å². The van der Waals surface area contributed by atoms with Crippen molar-refractivity contribution in [3.63, 3.8) is 0 Å². The zero-order chi connectivity index (χ0) is 18.2. The fraction of sp³-hybridized carbons (Fsp3) is 0.450. The predicted octanol–water partition coefficient (Wildman–Crippen LogP) is 2.66. The van der Waals surface area contributed by atoms with Crippen molar-refractivity contribution in [2.45, 2.75) is 38.8 Å². The number of hydrogen-bond acceptors (Lipinski definition) is 5. The van der Waals surface area contributed by atoms with Crippen LogP contribution in [-0.2, 0) is 6.54 Å². The molecule has 0 unspecified atom stereocenters. The third-order valence-corrected chi connectivity index (χ3v) is 4.63. The molecule has 0 bridgehead atoms. The highest BCUT2D eigenvalue weighted by atomic mass is 16.5. The summed E-state index contributed by atoms with van der Waals surface area (Å²) in [4.78, 5) is 23.4. The van der Waals surface area contributed by atoms with Gasteiger partial charge in [0.25, 0.3) is 5.91 Å². The minimum Gasteiger partial charge on any atom is -0.494 e. The van der Waals surface area contributed by atoms with E-state index in [-0.39, 0.29) is 11.9 Å². The number of carbonyl (C=O) groups is 1. The molecule has 6 nitrogen and oxygen atoms in total. The van der Waals surface area contributed by atoms with E-state index in [1.54, 1.807) is 12.4 Å². The molecule has 1 saturated heterocycles. The fourth-order valence-corrected chi connectivity index (χ4v) is 3.31. The Labute approximate surface area is 154 Å². The lowest BCUT2D eigenvalue weighted by atomic mass is 10.0. The number of ether oxygens (including phenoxy) is 1. The lowest BCUT2D eigenvalue weighted by Crippen LogP contribution is -2.40. The van der Waals surface area contributed by atoms with Gasteiger partial charge in [0, 0.05) is 36.1 Å². The number of amides is 1. The highest BCUT2D eigenvalue weighted by molar-refractivity contribution is 5.94. The summed E-state index contributed by atoms with van der Waals surface area (Å²) >= 11 is 0. The average molecular weight is 354 g/mol. The molecule has 1 fully saturated rings. The Morgan fingerprint density at radius 2 is 1.96 bits per heavy atom. The van der Waals surface area contributed by atoms with Gasteiger partial charge in [-0.1, -0.05) is 0 Å². The van der Waals surface area contributed by atoms with Gasteiger partial charge >= 0.3 is 0 Å². The van der Waals surface area contributed by atoms with Crippen LogP contribution in [0.4, 0.5) is 0 Å². The van der Waals surface area contributed by atoms with Gasteiger partial charge in [0.15, 0.2) is 0 Å². The van der Waals surface area contributed by atoms with Gasteiger partial charge in [-0.15, -0.1) is 0 Å². The summed E-state index contributed by atoms with van der Waals surface area (Å²) in [5.41, 5.74) is 1.63. The molecule has 26 heavy (non-hydrogen) atoms. The molecule has 1 aromatic carbocycles. The van der Waals surface area contributed by atoms with Crippen molar-refractivity contribution in [2.24, 2.45) is 0 Å². The van der Waals surface area contributed by atoms with E-state index in [0.717, 1.165) is 43.7 Å². The lowest BCUT2D eigenvalue weighted by Gasteiger charge is -2.31. The standard InChI is InChI=1S/C20H26N4O2/c1-2-26-19-7-5-17(6-8-19)20(25)24(14-16-12-22-15-23-13-16)18-4-3-10-21-11-9-18/h5-8,12-13,15,18,21H,2-4,9-11,14H2,1H3/t18-/m1/s1. The van der Waals surface area contributed by atoms with Crippen LogP contribution in [0.2, 0.25) is 0 Å². The first-order chi connectivity index (χ1) is 12.8. The molecule has 1 aliphatic heterocycles. The number of rotatable bonds is 6. The lowest BCUT2D eigenvalue weighted by molar-refractivity contribution is 0.0645. The van der Waals surface area contributed by atoms with Crippen LogP contribution >= 0.6 is 0 Å². The van der Waals surface area contributed by atoms with Crippen molar-refractivity contribution in [3.8, 4) is 5.75 Å². The van der Waals surface area contributed by atoms with E-state index < -0.39 is 0 Å². The average Bonchev–Trinajstić information content (AvgIpc) is 2.97. The first-order valence-electron chi connectivity index (χ1n) is 9.26. The summed E-state index contributed by atoms with van der Waals surface area (Å²) in [6, 6.07) is 7.61. The maximum Gasteiger partial charge on any atom is 0.254 e. The first kappa shape index (κ1) is 18.3. The second-order valence-electron chi connectivity index (χ2n) is 6.47. The molecule has 6 heteroatoms. The molecule has 0 saturated carbocycles. The van der Waals surface area contributed by atoms with E-state index in [9.17, 15) is 4.79 Å². The number of aromatic nitrogens is 2. The molecular weight excluding hydrogens is 328 g/mol. The van der Waals surface area contributed by atoms with Gasteiger partial charge in [-0.05, 0) is 63.5 Å². The van der Waals surface area contributed by atoms with Gasteiger partial charge in [-0.25, -0.2) is 9.97 Å². The third kappa shape index (κ3) is 4.79. The summed E-state index contributed by atoms with van der Waals surface area (Å²) in [5.74, 6) is 0.828. The van der Waals surface area contributed by atoms with E-state index in [1.165, 1.54) is 6.33 Å². The molecule has 2 aromatic rings. The van der Waals surface area contributed by atoms with E-state index in [1.807, 2.05) is 36.1 Å². The SMILES string of the molecule is CCOc1ccc(C(=O)N(Cc2cncnc2)[C@@H]2CCCNCC2)cc1. The molecule has 0 spiro atoms. The second kappa shape index (κ2) is 9.29. The third-order valence-electron chi connectivity index (χ3n) is 4.63. The first-order valence-corrected chi connectivity index (χ1v) is 9.26. The van der Waals surface area contributed by atoms with Gasteiger partial charge in [0.2, 0.25) is 0 Å². The van der Waals surface area contributed by atoms with Gasteiger partial charge in [0.1, 0.15) is 12.1 Å². The summed E-state index contributed by atoms with van der Waals surface area (Å²) < 4.78 is 5.48. The van der Waals surface area contributed by atoms with Gasteiger partial charge in [0.05, 0.1) is 6.61 Å². The summed E-state index contributed by atoms with van der Waals surface area (Å²) in [6.45, 7) is 5.03. The highest BCUT2D eigenvalue weighted by Crippen LogP contribution is 2.21. The Morgan fingerprint density at radius 3 is 2.69 bits per heavy atom. The Morgan fingerprint density at radius 1 is 1.19 bits per heavy atom. The molecule has 1 atom stereocenters. The van der Waals surface area contributed by atoms with Crippen molar-refractivity contribution >= 4 is 5.91 Å². The Kier molecular flexibility index (Phi) is 6.55. The van der Waals surface area contributed by atoms with Crippen LogP contribution in [0.5, 0.6) is 5.75 Å². The molecule has 0 radical (unpaired) electrons. The van der Waals surface area contributed by atoms with Crippen molar-refractivity contribution in [1.82, 2.24) is 20.2 Å². The van der Waals surface area contributed by atoms with Crippen molar-refractivity contribution in [2.75, 3.05) is 19.7 Å². The second-order valence-corrected chi connectivity index (χ2v) is 6.47. The number of nitrogens with zero attached hydrogens (tertiary/aromatic N) is 3. The van der Waals surface area contributed by atoms with E-state index in [0.29, 0.717) is 18.7 Å². The minimum absolute atomic E-state index is 0.0452. The van der Waals surface area contributed by atoms with Crippen LogP contribution in [0.3, 0.4) is 0 Å². The number of carbonyl (C=O) groups excluding carboxylic acids is 1. The molecule has 2 heterocycles. The topological polar surface area (TPSA) is 67.3 Å². The van der Waals surface area contributed by atoms with Crippen LogP contribution in [0, 0.1) is 0 Å². The maximum atomic E-state index is 13.3. The van der Waals surface area contributed by atoms with Gasteiger partial charge < -0.3 is 15.0 Å². The van der Waals surface area contributed by atoms with Gasteiger partial charge in [-0.3, -0.25) is 4.79 Å². The normalized spacial score (nSPS) is 17.3. The molecule has 1 aliphatic rings. The number of benzene rings is 1. The predicted molar refractivity (Wildman–Crippen MR) is 100 cm³/mol. The summed E-state index contributed by atoms with van der Waals surface area (Å²) in [7, 11) is 0. The zero-order valence-electron chi connectivity index (χ0n) is 15.2. The summed E-state index contributed by atoms with van der Waals surface area (Å²) in [5, 5.41) is 3.42. The summed E-state index contributed by atoms with van der Waals surface area (Å²) in [6.07, 6.45) is 8.10. The monoisotopic (exact) mass is 354 g/mol. The van der Waals surface area contributed by atoms with Crippen LogP contribution < -0.4 is 10.1 Å². The van der Waals surface area contributed by atoms with Crippen LogP contribution in [0.1, 0.15) is 42.1 Å². The highest BCUT2D eigenvalue weighted by Gasteiger charge is 2.26. The number of hydrogen-bond donors (Lipinski definition) is 1. The van der Waals surface area contributed by atoms with Crippen molar-refractivity contribution < 1.29 is 9.53 Å². The van der Waals surface area contributed by atoms with E-state index >= 15 is 0 Å². The molecular formula is C20H26N4O2. The van der Waals surface area contributed by atoms with Crippen LogP contribution in [-0.4, -0.2) is 46.5 Å². The Balaban J connectivity index is 1.81. The fourth-order valence-electron chi connectivity index (χ4n) is 3.31. The molecule has 1 aromatic heterocycles. The molecule has 1 amide bonds. The Hall–Kier alpha value is -2.47. The largest absolute Gasteiger partial charge is 0.494 e. The maximum absolute atomic E-state index is 13.3. The quantitative estimate of drug-likeness (QED) is 0.864. The van der Waals surface area contributed by atoms with Crippen LogP contribution in [0.15, 0.2) is 43.0 Å². The van der Waals surface area contributed by atoms with Gasteiger partial charge in [-0.2, -0.15) is 0 Å². The number of nitrogens with one attached hydrogen (secondary N) is 1.